The fraction of sp³-hybridized carbons (Fsp3) is 0.273. The highest BCUT2D eigenvalue weighted by Crippen LogP contribution is 2.31. The molecule has 1 heterocycles. The van der Waals surface area contributed by atoms with Crippen molar-refractivity contribution in [1.29, 1.82) is 0 Å². The highest BCUT2D eigenvalue weighted by Gasteiger charge is 2.15. The molecule has 0 saturated heterocycles. The SMILES string of the molecule is CNC(C)c1nnc(-c2cc(Cl)cc([N+](=O)[O-])c2)s1. The van der Waals surface area contributed by atoms with Crippen molar-refractivity contribution in [3.63, 3.8) is 0 Å². The molecule has 0 aliphatic rings. The van der Waals surface area contributed by atoms with Crippen LogP contribution >= 0.6 is 22.9 Å². The summed E-state index contributed by atoms with van der Waals surface area (Å²) in [4.78, 5) is 10.3. The van der Waals surface area contributed by atoms with Crippen LogP contribution in [0.4, 0.5) is 5.69 Å². The molecule has 0 spiro atoms. The minimum atomic E-state index is -0.479. The monoisotopic (exact) mass is 298 g/mol. The summed E-state index contributed by atoms with van der Waals surface area (Å²) < 4.78 is 0. The summed E-state index contributed by atoms with van der Waals surface area (Å²) in [5, 5.41) is 23.7. The number of benzene rings is 1. The Labute approximate surface area is 118 Å². The van der Waals surface area contributed by atoms with E-state index in [9.17, 15) is 10.1 Å². The third-order valence-electron chi connectivity index (χ3n) is 2.58. The van der Waals surface area contributed by atoms with Gasteiger partial charge in [0.05, 0.1) is 11.0 Å². The number of non-ortho nitro benzene ring substituents is 1. The maximum atomic E-state index is 10.8. The van der Waals surface area contributed by atoms with Crippen molar-refractivity contribution in [1.82, 2.24) is 15.5 Å². The predicted molar refractivity (Wildman–Crippen MR) is 74.5 cm³/mol. The largest absolute Gasteiger partial charge is 0.311 e. The van der Waals surface area contributed by atoms with Crippen molar-refractivity contribution >= 4 is 28.6 Å². The van der Waals surface area contributed by atoms with Crippen molar-refractivity contribution in [3.8, 4) is 10.6 Å². The minimum Gasteiger partial charge on any atom is -0.311 e. The second-order valence-electron chi connectivity index (χ2n) is 3.91. The summed E-state index contributed by atoms with van der Waals surface area (Å²) in [7, 11) is 1.83. The minimum absolute atomic E-state index is 0.0547. The van der Waals surface area contributed by atoms with Crippen molar-refractivity contribution < 1.29 is 4.92 Å². The fourth-order valence-corrected chi connectivity index (χ4v) is 2.57. The number of nitro benzene ring substituents is 1. The van der Waals surface area contributed by atoms with E-state index in [1.54, 1.807) is 6.07 Å². The third-order valence-corrected chi connectivity index (χ3v) is 3.96. The van der Waals surface area contributed by atoms with E-state index < -0.39 is 4.92 Å². The summed E-state index contributed by atoms with van der Waals surface area (Å²) in [6.45, 7) is 1.96. The van der Waals surface area contributed by atoms with E-state index in [1.165, 1.54) is 23.5 Å². The standard InChI is InChI=1S/C11H11ClN4O2S/c1-6(13-2)10-14-15-11(19-10)7-3-8(12)5-9(4-7)16(17)18/h3-6,13H,1-2H3. The number of nitrogens with one attached hydrogen (secondary N) is 1. The Kier molecular flexibility index (Phi) is 4.08. The van der Waals surface area contributed by atoms with Gasteiger partial charge >= 0.3 is 0 Å². The molecular weight excluding hydrogens is 288 g/mol. The van der Waals surface area contributed by atoms with Crippen LogP contribution in [0.5, 0.6) is 0 Å². The fourth-order valence-electron chi connectivity index (χ4n) is 1.45. The lowest BCUT2D eigenvalue weighted by Crippen LogP contribution is -2.11. The first-order valence-electron chi connectivity index (χ1n) is 5.47. The Bertz CT molecular complexity index is 616. The van der Waals surface area contributed by atoms with Gasteiger partial charge in [0, 0.05) is 22.7 Å². The smallest absolute Gasteiger partial charge is 0.271 e. The molecule has 8 heteroatoms. The lowest BCUT2D eigenvalue weighted by Gasteiger charge is -2.03. The van der Waals surface area contributed by atoms with Gasteiger partial charge in [0.15, 0.2) is 0 Å². The normalized spacial score (nSPS) is 12.4. The van der Waals surface area contributed by atoms with E-state index in [4.69, 9.17) is 11.6 Å². The molecule has 0 bridgehead atoms. The maximum Gasteiger partial charge on any atom is 0.271 e. The molecule has 2 rings (SSSR count). The zero-order valence-electron chi connectivity index (χ0n) is 10.3. The summed E-state index contributed by atoms with van der Waals surface area (Å²) in [6.07, 6.45) is 0. The van der Waals surface area contributed by atoms with Gasteiger partial charge < -0.3 is 5.32 Å². The first-order valence-corrected chi connectivity index (χ1v) is 6.66. The van der Waals surface area contributed by atoms with E-state index in [0.29, 0.717) is 15.6 Å². The first-order chi connectivity index (χ1) is 9.01. The van der Waals surface area contributed by atoms with Crippen molar-refractivity contribution in [2.45, 2.75) is 13.0 Å². The van der Waals surface area contributed by atoms with Gasteiger partial charge in [-0.15, -0.1) is 10.2 Å². The molecule has 2 aromatic rings. The Balaban J connectivity index is 2.41. The number of hydrogen-bond donors (Lipinski definition) is 1. The first kappa shape index (κ1) is 13.9. The predicted octanol–water partition coefficient (Wildman–Crippen LogP) is 3.05. The van der Waals surface area contributed by atoms with Crippen LogP contribution in [0.15, 0.2) is 18.2 Å². The molecule has 0 aliphatic heterocycles. The van der Waals surface area contributed by atoms with Gasteiger partial charge in [-0.2, -0.15) is 0 Å². The zero-order chi connectivity index (χ0) is 14.0. The molecule has 0 radical (unpaired) electrons. The van der Waals surface area contributed by atoms with Crippen LogP contribution in [-0.4, -0.2) is 22.2 Å². The number of aromatic nitrogens is 2. The third kappa shape index (κ3) is 3.06. The van der Waals surface area contributed by atoms with Crippen LogP contribution in [0.3, 0.4) is 0 Å². The summed E-state index contributed by atoms with van der Waals surface area (Å²) >= 11 is 7.26. The summed E-state index contributed by atoms with van der Waals surface area (Å²) in [6, 6.07) is 4.48. The highest BCUT2D eigenvalue weighted by atomic mass is 35.5. The number of nitro groups is 1. The summed E-state index contributed by atoms with van der Waals surface area (Å²) in [5.41, 5.74) is 0.548. The molecule has 1 aromatic heterocycles. The average Bonchev–Trinajstić information content (AvgIpc) is 2.86. The Morgan fingerprint density at radius 3 is 2.79 bits per heavy atom. The quantitative estimate of drug-likeness (QED) is 0.693. The van der Waals surface area contributed by atoms with Crippen LogP contribution in [0.25, 0.3) is 10.6 Å². The molecule has 100 valence electrons. The van der Waals surface area contributed by atoms with Gasteiger partial charge in [-0.3, -0.25) is 10.1 Å². The van der Waals surface area contributed by atoms with E-state index in [0.717, 1.165) is 5.01 Å². The topological polar surface area (TPSA) is 81.0 Å². The van der Waals surface area contributed by atoms with E-state index in [-0.39, 0.29) is 11.7 Å². The second kappa shape index (κ2) is 5.60. The van der Waals surface area contributed by atoms with Crippen LogP contribution in [0, 0.1) is 10.1 Å². The molecule has 0 fully saturated rings. The molecule has 19 heavy (non-hydrogen) atoms. The number of hydrogen-bond acceptors (Lipinski definition) is 6. The summed E-state index contributed by atoms with van der Waals surface area (Å²) in [5.74, 6) is 0. The van der Waals surface area contributed by atoms with Gasteiger partial charge in [0.25, 0.3) is 5.69 Å². The molecule has 0 amide bonds. The molecule has 0 saturated carbocycles. The Morgan fingerprint density at radius 2 is 2.16 bits per heavy atom. The maximum absolute atomic E-state index is 10.8. The van der Waals surface area contributed by atoms with Crippen molar-refractivity contribution in [2.24, 2.45) is 0 Å². The van der Waals surface area contributed by atoms with Gasteiger partial charge in [-0.1, -0.05) is 22.9 Å². The van der Waals surface area contributed by atoms with Crippen molar-refractivity contribution in [2.75, 3.05) is 7.05 Å². The Morgan fingerprint density at radius 1 is 1.42 bits per heavy atom. The van der Waals surface area contributed by atoms with Crippen LogP contribution in [0.1, 0.15) is 18.0 Å². The molecule has 6 nitrogen and oxygen atoms in total. The van der Waals surface area contributed by atoms with Gasteiger partial charge in [-0.05, 0) is 20.0 Å². The lowest BCUT2D eigenvalue weighted by molar-refractivity contribution is -0.384. The van der Waals surface area contributed by atoms with Crippen LogP contribution < -0.4 is 5.32 Å². The van der Waals surface area contributed by atoms with Gasteiger partial charge in [0.2, 0.25) is 0 Å². The van der Waals surface area contributed by atoms with E-state index in [1.807, 2.05) is 14.0 Å². The Hall–Kier alpha value is -1.57. The average molecular weight is 299 g/mol. The molecule has 1 aromatic carbocycles. The van der Waals surface area contributed by atoms with Gasteiger partial charge in [-0.25, -0.2) is 0 Å². The molecule has 1 unspecified atom stereocenters. The van der Waals surface area contributed by atoms with Crippen LogP contribution in [-0.2, 0) is 0 Å². The van der Waals surface area contributed by atoms with Gasteiger partial charge in [0.1, 0.15) is 10.0 Å². The van der Waals surface area contributed by atoms with E-state index >= 15 is 0 Å². The molecular formula is C11H11ClN4O2S. The zero-order valence-corrected chi connectivity index (χ0v) is 11.8. The highest BCUT2D eigenvalue weighted by molar-refractivity contribution is 7.14. The number of nitrogens with zero attached hydrogens (tertiary/aromatic N) is 3. The molecule has 1 atom stereocenters. The molecule has 1 N–H and O–H groups in total. The number of rotatable bonds is 4. The number of halogens is 1. The lowest BCUT2D eigenvalue weighted by atomic mass is 10.2. The molecule has 0 aliphatic carbocycles. The van der Waals surface area contributed by atoms with Crippen LogP contribution in [0.2, 0.25) is 5.02 Å². The van der Waals surface area contributed by atoms with Crippen molar-refractivity contribution in [3.05, 3.63) is 38.3 Å². The second-order valence-corrected chi connectivity index (χ2v) is 5.36. The van der Waals surface area contributed by atoms with E-state index in [2.05, 4.69) is 15.5 Å².